The van der Waals surface area contributed by atoms with Crippen LogP contribution in [0.25, 0.3) is 0 Å². The lowest BCUT2D eigenvalue weighted by Crippen LogP contribution is -2.17. The first-order chi connectivity index (χ1) is 8.78. The molecule has 0 amide bonds. The van der Waals surface area contributed by atoms with Crippen molar-refractivity contribution >= 4 is 11.3 Å². The summed E-state index contributed by atoms with van der Waals surface area (Å²) >= 11 is 1.75. The molecule has 1 aromatic rings. The fourth-order valence-corrected chi connectivity index (χ4v) is 2.67. The second-order valence-electron chi connectivity index (χ2n) is 5.01. The second kappa shape index (κ2) is 7.16. The number of aromatic nitrogens is 2. The highest BCUT2D eigenvalue weighted by molar-refractivity contribution is 7.11. The number of ether oxygens (including phenoxy) is 1. The Bertz CT molecular complexity index is 352. The zero-order valence-electron chi connectivity index (χ0n) is 11.3. The first-order valence-electron chi connectivity index (χ1n) is 6.85. The van der Waals surface area contributed by atoms with Crippen molar-refractivity contribution in [2.24, 2.45) is 0 Å². The smallest absolute Gasteiger partial charge is 0.117 e. The summed E-state index contributed by atoms with van der Waals surface area (Å²) in [6.45, 7) is 3.20. The van der Waals surface area contributed by atoms with Gasteiger partial charge in [-0.1, -0.05) is 0 Å². The molecule has 0 saturated heterocycles. The van der Waals surface area contributed by atoms with E-state index in [2.05, 4.69) is 22.4 Å². The predicted octanol–water partition coefficient (Wildman–Crippen LogP) is 2.19. The van der Waals surface area contributed by atoms with Crippen LogP contribution < -0.4 is 5.32 Å². The van der Waals surface area contributed by atoms with Gasteiger partial charge in [0, 0.05) is 26.0 Å². The highest BCUT2D eigenvalue weighted by Gasteiger charge is 2.19. The van der Waals surface area contributed by atoms with E-state index in [0.717, 1.165) is 36.9 Å². The van der Waals surface area contributed by atoms with Crippen LogP contribution in [-0.4, -0.2) is 36.0 Å². The van der Waals surface area contributed by atoms with Gasteiger partial charge in [0.05, 0.1) is 6.10 Å². The van der Waals surface area contributed by atoms with Gasteiger partial charge in [0.25, 0.3) is 0 Å². The molecule has 1 saturated carbocycles. The summed E-state index contributed by atoms with van der Waals surface area (Å²) in [5.74, 6) is 0. The number of nitrogens with zero attached hydrogens (tertiary/aromatic N) is 2. The molecule has 1 atom stereocenters. The van der Waals surface area contributed by atoms with Crippen LogP contribution in [0.15, 0.2) is 0 Å². The van der Waals surface area contributed by atoms with Crippen LogP contribution in [0, 0.1) is 0 Å². The van der Waals surface area contributed by atoms with E-state index in [1.807, 2.05) is 0 Å². The lowest BCUT2D eigenvalue weighted by Gasteiger charge is -2.06. The van der Waals surface area contributed by atoms with E-state index in [-0.39, 0.29) is 0 Å². The summed E-state index contributed by atoms with van der Waals surface area (Å²) in [5.41, 5.74) is 0. The minimum Gasteiger partial charge on any atom is -0.382 e. The zero-order chi connectivity index (χ0) is 12.8. The third kappa shape index (κ3) is 5.00. The third-order valence-corrected chi connectivity index (χ3v) is 4.30. The summed E-state index contributed by atoms with van der Waals surface area (Å²) < 4.78 is 5.23. The van der Waals surface area contributed by atoms with Crippen LogP contribution in [0.2, 0.25) is 0 Å². The minimum absolute atomic E-state index is 0.306. The Morgan fingerprint density at radius 3 is 2.72 bits per heavy atom. The van der Waals surface area contributed by atoms with Gasteiger partial charge in [-0.3, -0.25) is 0 Å². The molecule has 1 aliphatic rings. The van der Waals surface area contributed by atoms with E-state index in [9.17, 15) is 0 Å². The van der Waals surface area contributed by atoms with Crippen molar-refractivity contribution < 1.29 is 4.74 Å². The number of methoxy groups -OCH3 is 1. The molecular formula is C13H23N3OS. The quantitative estimate of drug-likeness (QED) is 0.698. The van der Waals surface area contributed by atoms with E-state index in [4.69, 9.17) is 4.74 Å². The van der Waals surface area contributed by atoms with Crippen molar-refractivity contribution in [1.29, 1.82) is 0 Å². The molecule has 1 heterocycles. The highest BCUT2D eigenvalue weighted by atomic mass is 32.1. The monoisotopic (exact) mass is 269 g/mol. The van der Waals surface area contributed by atoms with Crippen molar-refractivity contribution in [3.63, 3.8) is 0 Å². The number of rotatable bonds is 9. The van der Waals surface area contributed by atoms with E-state index >= 15 is 0 Å². The van der Waals surface area contributed by atoms with Gasteiger partial charge in [-0.2, -0.15) is 0 Å². The molecule has 1 fully saturated rings. The van der Waals surface area contributed by atoms with Gasteiger partial charge in [-0.25, -0.2) is 0 Å². The minimum atomic E-state index is 0.306. The lowest BCUT2D eigenvalue weighted by atomic mass is 10.2. The second-order valence-corrected chi connectivity index (χ2v) is 6.15. The average Bonchev–Trinajstić information content (AvgIpc) is 3.10. The first-order valence-corrected chi connectivity index (χ1v) is 7.67. The number of aryl methyl sites for hydroxylation is 2. The van der Waals surface area contributed by atoms with Gasteiger partial charge in [0.15, 0.2) is 0 Å². The molecule has 0 spiro atoms. The normalized spacial score (nSPS) is 17.0. The van der Waals surface area contributed by atoms with Crippen LogP contribution in [0.3, 0.4) is 0 Å². The molecule has 5 heteroatoms. The lowest BCUT2D eigenvalue weighted by molar-refractivity contribution is 0.111. The Morgan fingerprint density at radius 1 is 1.33 bits per heavy atom. The van der Waals surface area contributed by atoms with E-state index < -0.39 is 0 Å². The van der Waals surface area contributed by atoms with Gasteiger partial charge in [0.1, 0.15) is 10.0 Å². The Hall–Kier alpha value is -0.520. The molecule has 0 radical (unpaired) electrons. The fraction of sp³-hybridized carbons (Fsp3) is 0.846. The molecule has 0 bridgehead atoms. The van der Waals surface area contributed by atoms with Crippen molar-refractivity contribution in [1.82, 2.24) is 15.5 Å². The SMILES string of the molecule is COC(C)CCc1nnc(CCCNC2CC2)s1. The van der Waals surface area contributed by atoms with E-state index in [1.54, 1.807) is 18.4 Å². The molecule has 1 aliphatic carbocycles. The fourth-order valence-electron chi connectivity index (χ4n) is 1.77. The largest absolute Gasteiger partial charge is 0.382 e. The maximum atomic E-state index is 5.23. The van der Waals surface area contributed by atoms with Crippen molar-refractivity contribution in [2.45, 2.75) is 57.6 Å². The van der Waals surface area contributed by atoms with Crippen molar-refractivity contribution in [2.75, 3.05) is 13.7 Å². The van der Waals surface area contributed by atoms with Crippen LogP contribution in [-0.2, 0) is 17.6 Å². The Labute approximate surface area is 113 Å². The molecule has 0 aromatic carbocycles. The summed E-state index contributed by atoms with van der Waals surface area (Å²) in [4.78, 5) is 0. The van der Waals surface area contributed by atoms with Crippen LogP contribution in [0.4, 0.5) is 0 Å². The third-order valence-electron chi connectivity index (χ3n) is 3.25. The Morgan fingerprint density at radius 2 is 2.06 bits per heavy atom. The molecular weight excluding hydrogens is 246 g/mol. The van der Waals surface area contributed by atoms with Crippen molar-refractivity contribution in [3.8, 4) is 0 Å². The standard InChI is InChI=1S/C13H23N3OS/c1-10(17-2)5-8-13-16-15-12(18-13)4-3-9-14-11-6-7-11/h10-11,14H,3-9H2,1-2H3. The molecule has 18 heavy (non-hydrogen) atoms. The molecule has 102 valence electrons. The maximum Gasteiger partial charge on any atom is 0.117 e. The van der Waals surface area contributed by atoms with E-state index in [0.29, 0.717) is 6.10 Å². The summed E-state index contributed by atoms with van der Waals surface area (Å²) in [6.07, 6.45) is 7.25. The topological polar surface area (TPSA) is 47.0 Å². The van der Waals surface area contributed by atoms with Crippen molar-refractivity contribution in [3.05, 3.63) is 10.0 Å². The molecule has 1 aromatic heterocycles. The Kier molecular flexibility index (Phi) is 5.53. The molecule has 4 nitrogen and oxygen atoms in total. The van der Waals surface area contributed by atoms with Crippen LogP contribution in [0.5, 0.6) is 0 Å². The summed E-state index contributed by atoms with van der Waals surface area (Å²) in [6, 6.07) is 0.811. The van der Waals surface area contributed by atoms with E-state index in [1.165, 1.54) is 24.3 Å². The first kappa shape index (κ1) is 13.9. The van der Waals surface area contributed by atoms with Crippen LogP contribution >= 0.6 is 11.3 Å². The molecule has 1 unspecified atom stereocenters. The highest BCUT2D eigenvalue weighted by Crippen LogP contribution is 2.19. The van der Waals surface area contributed by atoms with Gasteiger partial charge < -0.3 is 10.1 Å². The predicted molar refractivity (Wildman–Crippen MR) is 74.0 cm³/mol. The molecule has 2 rings (SSSR count). The van der Waals surface area contributed by atoms with Gasteiger partial charge in [0.2, 0.25) is 0 Å². The van der Waals surface area contributed by atoms with Gasteiger partial charge in [-0.05, 0) is 39.2 Å². The number of hydrogen-bond donors (Lipinski definition) is 1. The van der Waals surface area contributed by atoms with Gasteiger partial charge >= 0.3 is 0 Å². The van der Waals surface area contributed by atoms with Crippen LogP contribution in [0.1, 0.15) is 42.6 Å². The molecule has 1 N–H and O–H groups in total. The van der Waals surface area contributed by atoms with Gasteiger partial charge in [-0.15, -0.1) is 21.5 Å². The summed E-state index contributed by atoms with van der Waals surface area (Å²) in [5, 5.41) is 14.3. The summed E-state index contributed by atoms with van der Waals surface area (Å²) in [7, 11) is 1.75. The molecule has 0 aliphatic heterocycles. The zero-order valence-corrected chi connectivity index (χ0v) is 12.1. The number of hydrogen-bond acceptors (Lipinski definition) is 5. The average molecular weight is 269 g/mol. The maximum absolute atomic E-state index is 5.23. The number of nitrogens with one attached hydrogen (secondary N) is 1. The Balaban J connectivity index is 1.61.